The molecule has 2 atom stereocenters. The van der Waals surface area contributed by atoms with E-state index in [1.54, 1.807) is 0 Å². The van der Waals surface area contributed by atoms with Gasteiger partial charge in [-0.2, -0.15) is 13.2 Å². The quantitative estimate of drug-likeness (QED) is 0.656. The molecule has 0 saturated carbocycles. The van der Waals surface area contributed by atoms with E-state index in [1.807, 2.05) is 5.32 Å². The second-order valence-electron chi connectivity index (χ2n) is 4.22. The topological polar surface area (TPSA) is 98.7 Å². The van der Waals surface area contributed by atoms with Crippen molar-refractivity contribution in [1.82, 2.24) is 14.9 Å². The van der Waals surface area contributed by atoms with Gasteiger partial charge >= 0.3 is 12.2 Å². The fourth-order valence-corrected chi connectivity index (χ4v) is 3.97. The number of carbonyl (C=O) groups is 1. The number of sulfonamides is 1. The summed E-state index contributed by atoms with van der Waals surface area (Å²) >= 11 is 0. The largest absolute Gasteiger partial charge is 0.438 e. The van der Waals surface area contributed by atoms with E-state index in [-0.39, 0.29) is 13.1 Å². The Kier molecular flexibility index (Phi) is 4.56. The van der Waals surface area contributed by atoms with Gasteiger partial charge in [0.25, 0.3) is 5.72 Å². The van der Waals surface area contributed by atoms with Gasteiger partial charge in [-0.15, -0.1) is 0 Å². The van der Waals surface area contributed by atoms with E-state index in [0.29, 0.717) is 0 Å². The first-order valence-corrected chi connectivity index (χ1v) is 7.35. The molecule has 0 unspecified atom stereocenters. The van der Waals surface area contributed by atoms with E-state index >= 15 is 0 Å². The van der Waals surface area contributed by atoms with E-state index in [0.717, 1.165) is 4.31 Å². The van der Waals surface area contributed by atoms with Crippen LogP contribution in [-0.2, 0) is 10.0 Å². The molecule has 1 heterocycles. The van der Waals surface area contributed by atoms with Gasteiger partial charge in [-0.1, -0.05) is 13.8 Å². The molecule has 1 aliphatic rings. The summed E-state index contributed by atoms with van der Waals surface area (Å²) in [7, 11) is -4.45. The molecule has 0 aromatic carbocycles. The summed E-state index contributed by atoms with van der Waals surface area (Å²) in [6, 6.07) is -1.28. The zero-order chi connectivity index (χ0) is 15.8. The molecule has 0 aliphatic carbocycles. The zero-order valence-electron chi connectivity index (χ0n) is 10.9. The summed E-state index contributed by atoms with van der Waals surface area (Å²) in [6.45, 7) is 2.00. The summed E-state index contributed by atoms with van der Waals surface area (Å²) in [5, 5.41) is 10.7. The van der Waals surface area contributed by atoms with Crippen LogP contribution in [0.5, 0.6) is 0 Å². The minimum Gasteiger partial charge on any atom is -0.362 e. The molecule has 7 nitrogen and oxygen atoms in total. The number of nitrogens with zero attached hydrogens (tertiary/aromatic N) is 1. The van der Waals surface area contributed by atoms with Crippen LogP contribution in [0.1, 0.15) is 13.8 Å². The zero-order valence-corrected chi connectivity index (χ0v) is 11.7. The molecule has 20 heavy (non-hydrogen) atoms. The average molecular weight is 319 g/mol. The highest BCUT2D eigenvalue weighted by molar-refractivity contribution is 7.89. The van der Waals surface area contributed by atoms with Crippen molar-refractivity contribution in [3.63, 3.8) is 0 Å². The van der Waals surface area contributed by atoms with Gasteiger partial charge in [0.15, 0.2) is 0 Å². The minimum atomic E-state index is -5.32. The number of alkyl halides is 3. The lowest BCUT2D eigenvalue weighted by Crippen LogP contribution is -2.75. The molecule has 0 aromatic heterocycles. The molecule has 1 saturated heterocycles. The molecule has 11 heteroatoms. The molecule has 0 aromatic rings. The van der Waals surface area contributed by atoms with E-state index in [4.69, 9.17) is 0 Å². The van der Waals surface area contributed by atoms with Crippen molar-refractivity contribution in [3.8, 4) is 0 Å². The first-order valence-electron chi connectivity index (χ1n) is 5.84. The SMILES string of the molecule is CCN(CC)S(=O)(=O)[C@@H]1CNC(=O)N[C@@]1(O)C(F)(F)F. The number of carbonyl (C=O) groups excluding carboxylic acids is 1. The predicted octanol–water partition coefficient (Wildman–Crippen LogP) is -0.410. The second kappa shape index (κ2) is 5.37. The van der Waals surface area contributed by atoms with Gasteiger partial charge in [0.1, 0.15) is 5.25 Å². The van der Waals surface area contributed by atoms with E-state index in [9.17, 15) is 31.5 Å². The Morgan fingerprint density at radius 3 is 2.30 bits per heavy atom. The summed E-state index contributed by atoms with van der Waals surface area (Å²) in [6.07, 6.45) is -5.32. The normalized spacial score (nSPS) is 28.1. The Bertz CT molecular complexity index is 477. The third-order valence-corrected chi connectivity index (χ3v) is 5.54. The van der Waals surface area contributed by atoms with Crippen molar-refractivity contribution in [2.45, 2.75) is 31.0 Å². The van der Waals surface area contributed by atoms with Gasteiger partial charge in [-0.3, -0.25) is 0 Å². The number of aliphatic hydroxyl groups is 1. The maximum atomic E-state index is 13.0. The van der Waals surface area contributed by atoms with Crippen LogP contribution < -0.4 is 10.6 Å². The number of halogens is 3. The summed E-state index contributed by atoms with van der Waals surface area (Å²) in [5.74, 6) is 0. The average Bonchev–Trinajstić information content (AvgIpc) is 2.27. The fourth-order valence-electron chi connectivity index (χ4n) is 1.97. The standard InChI is InChI=1S/C9H16F3N3O4S/c1-3-15(4-2)20(18,19)6-5-13-7(16)14-8(6,17)9(10,11)12/h6,17H,3-5H2,1-2H3,(H2,13,14,16)/t6-,8+/m1/s1. The van der Waals surface area contributed by atoms with E-state index in [2.05, 4.69) is 0 Å². The Morgan fingerprint density at radius 1 is 1.40 bits per heavy atom. The van der Waals surface area contributed by atoms with Crippen LogP contribution in [0.15, 0.2) is 0 Å². The molecule has 0 radical (unpaired) electrons. The predicted molar refractivity (Wildman–Crippen MR) is 63.2 cm³/mol. The number of hydrogen-bond donors (Lipinski definition) is 3. The smallest absolute Gasteiger partial charge is 0.362 e. The van der Waals surface area contributed by atoms with Gasteiger partial charge in [0.05, 0.1) is 0 Å². The number of urea groups is 1. The summed E-state index contributed by atoms with van der Waals surface area (Å²) in [4.78, 5) is 11.0. The molecule has 1 fully saturated rings. The van der Waals surface area contributed by atoms with Crippen molar-refractivity contribution < 1.29 is 31.5 Å². The van der Waals surface area contributed by atoms with Gasteiger partial charge in [-0.25, -0.2) is 17.5 Å². The van der Waals surface area contributed by atoms with Gasteiger partial charge in [0, 0.05) is 19.6 Å². The number of amides is 2. The monoisotopic (exact) mass is 319 g/mol. The van der Waals surface area contributed by atoms with Gasteiger partial charge < -0.3 is 15.7 Å². The van der Waals surface area contributed by atoms with Crippen LogP contribution in [-0.4, -0.2) is 60.6 Å². The van der Waals surface area contributed by atoms with Crippen molar-refractivity contribution in [1.29, 1.82) is 0 Å². The molecule has 1 rings (SSSR count). The van der Waals surface area contributed by atoms with Crippen LogP contribution in [0, 0.1) is 0 Å². The highest BCUT2D eigenvalue weighted by atomic mass is 32.2. The first-order chi connectivity index (χ1) is 9.00. The molecular weight excluding hydrogens is 303 g/mol. The van der Waals surface area contributed by atoms with Gasteiger partial charge in [-0.05, 0) is 0 Å². The highest BCUT2D eigenvalue weighted by Gasteiger charge is 2.66. The fraction of sp³-hybridized carbons (Fsp3) is 0.889. The van der Waals surface area contributed by atoms with Crippen LogP contribution >= 0.6 is 0 Å². The van der Waals surface area contributed by atoms with Crippen LogP contribution in [0.4, 0.5) is 18.0 Å². The van der Waals surface area contributed by atoms with Crippen LogP contribution in [0.25, 0.3) is 0 Å². The van der Waals surface area contributed by atoms with E-state index in [1.165, 1.54) is 19.2 Å². The second-order valence-corrected chi connectivity index (χ2v) is 6.33. The molecule has 0 bridgehead atoms. The maximum Gasteiger partial charge on any atom is 0.438 e. The Morgan fingerprint density at radius 2 is 1.90 bits per heavy atom. The Balaban J connectivity index is 3.30. The maximum absolute atomic E-state index is 13.0. The number of nitrogens with one attached hydrogen (secondary N) is 2. The Hall–Kier alpha value is -1.07. The summed E-state index contributed by atoms with van der Waals surface area (Å²) in [5.41, 5.74) is -3.82. The van der Waals surface area contributed by atoms with Crippen LogP contribution in [0.2, 0.25) is 0 Å². The lowest BCUT2D eigenvalue weighted by atomic mass is 10.1. The van der Waals surface area contributed by atoms with Crippen molar-refractivity contribution in [2.75, 3.05) is 19.6 Å². The third kappa shape index (κ3) is 2.69. The lowest BCUT2D eigenvalue weighted by molar-refractivity contribution is -0.270. The molecule has 1 aliphatic heterocycles. The third-order valence-electron chi connectivity index (χ3n) is 3.08. The molecule has 3 N–H and O–H groups in total. The van der Waals surface area contributed by atoms with Gasteiger partial charge in [0.2, 0.25) is 10.0 Å². The number of hydrogen-bond acceptors (Lipinski definition) is 4. The molecule has 2 amide bonds. The highest BCUT2D eigenvalue weighted by Crippen LogP contribution is 2.36. The lowest BCUT2D eigenvalue weighted by Gasteiger charge is -2.42. The molecular formula is C9H16F3N3O4S. The molecule has 0 spiro atoms. The molecule has 118 valence electrons. The minimum absolute atomic E-state index is 0.0444. The van der Waals surface area contributed by atoms with Crippen molar-refractivity contribution in [2.24, 2.45) is 0 Å². The number of rotatable bonds is 4. The Labute approximate surface area is 114 Å². The summed E-state index contributed by atoms with van der Waals surface area (Å²) < 4.78 is 64.1. The van der Waals surface area contributed by atoms with Crippen molar-refractivity contribution in [3.05, 3.63) is 0 Å². The van der Waals surface area contributed by atoms with Crippen LogP contribution in [0.3, 0.4) is 0 Å². The van der Waals surface area contributed by atoms with E-state index < -0.39 is 39.8 Å². The van der Waals surface area contributed by atoms with Crippen molar-refractivity contribution >= 4 is 16.1 Å². The first kappa shape index (κ1) is 17.0.